The van der Waals surface area contributed by atoms with Gasteiger partial charge >= 0.3 is 0 Å². The zero-order valence-corrected chi connectivity index (χ0v) is 20.4. The molecule has 0 unspecified atom stereocenters. The molecule has 2 bridgehead atoms. The Hall–Kier alpha value is -3.88. The van der Waals surface area contributed by atoms with Crippen LogP contribution in [0, 0.1) is 11.2 Å². The number of hydrogen-bond donors (Lipinski definition) is 1. The topological polar surface area (TPSA) is 103 Å². The van der Waals surface area contributed by atoms with E-state index >= 15 is 0 Å². The zero-order valence-electron chi connectivity index (χ0n) is 20.4. The summed E-state index contributed by atoms with van der Waals surface area (Å²) in [6.07, 6.45) is 0.880. The van der Waals surface area contributed by atoms with E-state index in [4.69, 9.17) is 0 Å². The molecule has 2 aliphatic rings. The van der Waals surface area contributed by atoms with Crippen molar-refractivity contribution in [2.24, 2.45) is 5.41 Å². The second kappa shape index (κ2) is 8.65. The van der Waals surface area contributed by atoms with Gasteiger partial charge in [-0.25, -0.2) is 9.49 Å². The largest absolute Gasteiger partial charge is 0.332 e. The smallest absolute Gasteiger partial charge is 0.290 e. The summed E-state index contributed by atoms with van der Waals surface area (Å²) in [6.45, 7) is 5.66. The van der Waals surface area contributed by atoms with Crippen molar-refractivity contribution in [3.63, 3.8) is 0 Å². The molecular formula is C27H27FN4O4. The molecule has 1 N–H and O–H groups in total. The van der Waals surface area contributed by atoms with E-state index in [1.165, 1.54) is 12.1 Å². The van der Waals surface area contributed by atoms with Crippen molar-refractivity contribution in [1.29, 1.82) is 0 Å². The molecule has 2 aromatic carbocycles. The zero-order chi connectivity index (χ0) is 25.8. The Kier molecular flexibility index (Phi) is 5.73. The van der Waals surface area contributed by atoms with Crippen molar-refractivity contribution in [1.82, 2.24) is 20.0 Å². The summed E-state index contributed by atoms with van der Waals surface area (Å²) in [7, 11) is 0. The van der Waals surface area contributed by atoms with Gasteiger partial charge in [-0.3, -0.25) is 19.2 Å². The number of carbonyl (C=O) groups excluding carboxylic acids is 3. The van der Waals surface area contributed by atoms with Gasteiger partial charge in [0.15, 0.2) is 0 Å². The van der Waals surface area contributed by atoms with Gasteiger partial charge in [-0.2, -0.15) is 5.10 Å². The molecule has 5 rings (SSSR count). The molecule has 0 radical (unpaired) electrons. The van der Waals surface area contributed by atoms with Crippen LogP contribution in [0.15, 0.2) is 47.3 Å². The van der Waals surface area contributed by atoms with Crippen LogP contribution in [0.2, 0.25) is 0 Å². The molecular weight excluding hydrogens is 463 g/mol. The van der Waals surface area contributed by atoms with Crippen LogP contribution in [0.25, 0.3) is 10.8 Å². The lowest BCUT2D eigenvalue weighted by atomic mass is 9.90. The first kappa shape index (κ1) is 23.8. The number of piperazine rings is 1. The highest BCUT2D eigenvalue weighted by molar-refractivity contribution is 6.38. The molecule has 186 valence electrons. The van der Waals surface area contributed by atoms with E-state index in [-0.39, 0.29) is 36.3 Å². The second-order valence-corrected chi connectivity index (χ2v) is 10.6. The SMILES string of the molecule is CC(C)(C)C(=O)C(=O)N1C[C@@H]2C[C@H]1CN2C(=O)c1cc(Cc2n[nH]c(=O)c3ccccc23)ccc1F. The molecule has 2 fully saturated rings. The van der Waals surface area contributed by atoms with Crippen LogP contribution in [-0.2, 0) is 16.0 Å². The number of rotatable bonds is 4. The second-order valence-electron chi connectivity index (χ2n) is 10.6. The van der Waals surface area contributed by atoms with Crippen molar-refractivity contribution in [2.45, 2.75) is 45.7 Å². The standard InChI is InChI=1S/C27H27FN4O4/c1-27(2,3)23(33)26(36)32-14-16-12-17(32)13-31(16)25(35)20-10-15(8-9-21(20)28)11-22-18-6-4-5-7-19(18)24(34)30-29-22/h4-10,16-17H,11-14H2,1-3H3,(H,30,34)/t16-,17-/m0/s1. The summed E-state index contributed by atoms with van der Waals surface area (Å²) < 4.78 is 14.8. The van der Waals surface area contributed by atoms with Gasteiger partial charge in [0.1, 0.15) is 5.82 Å². The van der Waals surface area contributed by atoms with Gasteiger partial charge in [0.25, 0.3) is 17.4 Å². The molecule has 0 saturated carbocycles. The summed E-state index contributed by atoms with van der Waals surface area (Å²) >= 11 is 0. The van der Waals surface area contributed by atoms with E-state index in [1.807, 2.05) is 6.07 Å². The van der Waals surface area contributed by atoms with Crippen LogP contribution in [0.1, 0.15) is 48.8 Å². The monoisotopic (exact) mass is 490 g/mol. The quantitative estimate of drug-likeness (QED) is 0.567. The highest BCUT2D eigenvalue weighted by atomic mass is 19.1. The van der Waals surface area contributed by atoms with Crippen LogP contribution in [0.5, 0.6) is 0 Å². The van der Waals surface area contributed by atoms with Crippen molar-refractivity contribution >= 4 is 28.4 Å². The van der Waals surface area contributed by atoms with Gasteiger partial charge in [-0.15, -0.1) is 0 Å². The molecule has 0 aliphatic carbocycles. The number of likely N-dealkylation sites (tertiary alicyclic amines) is 2. The Balaban J connectivity index is 1.35. The number of H-pyrrole nitrogens is 1. The minimum absolute atomic E-state index is 0.0441. The molecule has 2 atom stereocenters. The first-order valence-corrected chi connectivity index (χ1v) is 12.0. The van der Waals surface area contributed by atoms with Crippen LogP contribution in [0.4, 0.5) is 4.39 Å². The van der Waals surface area contributed by atoms with E-state index in [0.717, 1.165) is 0 Å². The molecule has 2 saturated heterocycles. The Morgan fingerprint density at radius 2 is 1.69 bits per heavy atom. The van der Waals surface area contributed by atoms with Gasteiger partial charge in [0.05, 0.1) is 28.7 Å². The third kappa shape index (κ3) is 4.08. The van der Waals surface area contributed by atoms with Crippen LogP contribution < -0.4 is 5.56 Å². The third-order valence-electron chi connectivity index (χ3n) is 7.05. The highest BCUT2D eigenvalue weighted by Gasteiger charge is 2.49. The lowest BCUT2D eigenvalue weighted by Crippen LogP contribution is -2.53. The van der Waals surface area contributed by atoms with E-state index in [9.17, 15) is 23.6 Å². The van der Waals surface area contributed by atoms with Gasteiger partial charge in [0.2, 0.25) is 5.78 Å². The average molecular weight is 491 g/mol. The van der Waals surface area contributed by atoms with Gasteiger partial charge in [-0.05, 0) is 30.2 Å². The number of hydrogen-bond acceptors (Lipinski definition) is 5. The molecule has 2 amide bonds. The number of benzene rings is 2. The number of aromatic nitrogens is 2. The number of ketones is 1. The summed E-state index contributed by atoms with van der Waals surface area (Å²) in [6, 6.07) is 11.0. The molecule has 36 heavy (non-hydrogen) atoms. The molecule has 2 aliphatic heterocycles. The fraction of sp³-hybridized carbons (Fsp3) is 0.370. The number of nitrogens with zero attached hydrogens (tertiary/aromatic N) is 3. The van der Waals surface area contributed by atoms with Crippen molar-refractivity contribution in [3.8, 4) is 0 Å². The molecule has 3 heterocycles. The van der Waals surface area contributed by atoms with Crippen LogP contribution in [0.3, 0.4) is 0 Å². The van der Waals surface area contributed by atoms with Gasteiger partial charge in [0, 0.05) is 30.3 Å². The van der Waals surface area contributed by atoms with E-state index in [2.05, 4.69) is 10.2 Å². The van der Waals surface area contributed by atoms with E-state index < -0.39 is 28.8 Å². The van der Waals surface area contributed by atoms with Gasteiger partial charge in [-0.1, -0.05) is 45.0 Å². The number of nitrogens with one attached hydrogen (secondary N) is 1. The Bertz CT molecular complexity index is 1460. The van der Waals surface area contributed by atoms with Crippen molar-refractivity contribution in [2.75, 3.05) is 13.1 Å². The molecule has 0 spiro atoms. The molecule has 9 heteroatoms. The number of Topliss-reactive ketones (excluding diaryl/α,β-unsaturated/α-hetero) is 1. The number of carbonyl (C=O) groups is 3. The van der Waals surface area contributed by atoms with Crippen molar-refractivity contribution in [3.05, 3.63) is 75.5 Å². The molecule has 1 aromatic heterocycles. The summed E-state index contributed by atoms with van der Waals surface area (Å²) in [5.41, 5.74) is 0.196. The Labute approximate surface area is 207 Å². The minimum Gasteiger partial charge on any atom is -0.332 e. The maximum atomic E-state index is 14.8. The minimum atomic E-state index is -0.774. The summed E-state index contributed by atoms with van der Waals surface area (Å²) in [5.74, 6) is -2.02. The van der Waals surface area contributed by atoms with E-state index in [0.29, 0.717) is 34.9 Å². The fourth-order valence-corrected chi connectivity index (χ4v) is 5.12. The lowest BCUT2D eigenvalue weighted by molar-refractivity contribution is -0.150. The number of aromatic amines is 1. The Morgan fingerprint density at radius 3 is 2.36 bits per heavy atom. The summed E-state index contributed by atoms with van der Waals surface area (Å²) in [4.78, 5) is 53.7. The maximum absolute atomic E-state index is 14.8. The van der Waals surface area contributed by atoms with Crippen LogP contribution >= 0.6 is 0 Å². The number of fused-ring (bicyclic) bond motifs is 3. The maximum Gasteiger partial charge on any atom is 0.290 e. The normalized spacial score (nSPS) is 19.2. The van der Waals surface area contributed by atoms with E-state index in [1.54, 1.807) is 54.8 Å². The first-order valence-electron chi connectivity index (χ1n) is 12.0. The third-order valence-corrected chi connectivity index (χ3v) is 7.05. The average Bonchev–Trinajstić information content (AvgIpc) is 3.46. The molecule has 8 nitrogen and oxygen atoms in total. The highest BCUT2D eigenvalue weighted by Crippen LogP contribution is 2.33. The van der Waals surface area contributed by atoms with Gasteiger partial charge < -0.3 is 9.80 Å². The number of amides is 2. The first-order chi connectivity index (χ1) is 17.0. The Morgan fingerprint density at radius 1 is 1.03 bits per heavy atom. The van der Waals surface area contributed by atoms with Crippen LogP contribution in [-0.4, -0.2) is 62.8 Å². The lowest BCUT2D eigenvalue weighted by Gasteiger charge is -2.35. The fourth-order valence-electron chi connectivity index (χ4n) is 5.12. The molecule has 3 aromatic rings. The predicted molar refractivity (Wildman–Crippen MR) is 131 cm³/mol. The predicted octanol–water partition coefficient (Wildman–Crippen LogP) is 2.69. The van der Waals surface area contributed by atoms with Crippen molar-refractivity contribution < 1.29 is 18.8 Å². The summed E-state index contributed by atoms with van der Waals surface area (Å²) in [5, 5.41) is 7.88. The number of halogens is 1.